The van der Waals surface area contributed by atoms with Gasteiger partial charge in [-0.05, 0) is 60.5 Å². The van der Waals surface area contributed by atoms with Crippen molar-refractivity contribution in [2.45, 2.75) is 30.6 Å². The highest BCUT2D eigenvalue weighted by Crippen LogP contribution is 2.25. The lowest BCUT2D eigenvalue weighted by atomic mass is 9.99. The smallest absolute Gasteiger partial charge is 0.309 e. The summed E-state index contributed by atoms with van der Waals surface area (Å²) in [7, 11) is -3.89. The third-order valence-electron chi connectivity index (χ3n) is 5.31. The molecule has 0 amide bonds. The number of nitrogens with one attached hydrogen (secondary N) is 1. The highest BCUT2D eigenvalue weighted by molar-refractivity contribution is 7.89. The van der Waals surface area contributed by atoms with E-state index in [-0.39, 0.29) is 36.3 Å². The van der Waals surface area contributed by atoms with Crippen molar-refractivity contribution in [3.05, 3.63) is 90.2 Å². The van der Waals surface area contributed by atoms with E-state index in [2.05, 4.69) is 4.72 Å². The molecule has 2 unspecified atom stereocenters. The highest BCUT2D eigenvalue weighted by atomic mass is 32.2. The lowest BCUT2D eigenvalue weighted by Gasteiger charge is -2.28. The van der Waals surface area contributed by atoms with Gasteiger partial charge in [-0.2, -0.15) is 4.72 Å². The van der Waals surface area contributed by atoms with E-state index in [1.165, 1.54) is 48.5 Å². The molecule has 34 heavy (non-hydrogen) atoms. The third kappa shape index (κ3) is 6.40. The van der Waals surface area contributed by atoms with Gasteiger partial charge >= 0.3 is 5.97 Å². The number of halogens is 1. The molecule has 4 rings (SSSR count). The van der Waals surface area contributed by atoms with E-state index in [1.807, 2.05) is 30.3 Å². The summed E-state index contributed by atoms with van der Waals surface area (Å²) in [6.45, 7) is 0.405. The molecule has 1 aliphatic rings. The van der Waals surface area contributed by atoms with E-state index in [4.69, 9.17) is 14.2 Å². The Morgan fingerprint density at radius 2 is 1.62 bits per heavy atom. The molecule has 3 aromatic rings. The molecule has 0 aliphatic carbocycles. The van der Waals surface area contributed by atoms with E-state index < -0.39 is 22.2 Å². The SMILES string of the molecule is O=C(OCc1ccccc1)C1CCOC(NS(=O)(=O)c2ccc(Oc3ccc(F)cc3)cc2)C1. The summed E-state index contributed by atoms with van der Waals surface area (Å²) in [5.74, 6) is -0.386. The zero-order chi connectivity index (χ0) is 24.0. The van der Waals surface area contributed by atoms with Crippen LogP contribution in [-0.2, 0) is 30.9 Å². The number of carbonyl (C=O) groups is 1. The first-order valence-corrected chi connectivity index (χ1v) is 12.3. The van der Waals surface area contributed by atoms with Crippen molar-refractivity contribution in [2.75, 3.05) is 6.61 Å². The van der Waals surface area contributed by atoms with Gasteiger partial charge in [-0.25, -0.2) is 12.8 Å². The van der Waals surface area contributed by atoms with Crippen molar-refractivity contribution in [2.24, 2.45) is 5.92 Å². The summed E-state index contributed by atoms with van der Waals surface area (Å²) < 4.78 is 57.6. The number of hydrogen-bond donors (Lipinski definition) is 1. The number of benzene rings is 3. The fraction of sp³-hybridized carbons (Fsp3) is 0.240. The molecule has 1 fully saturated rings. The first kappa shape index (κ1) is 23.9. The molecule has 1 saturated heterocycles. The van der Waals surface area contributed by atoms with Gasteiger partial charge in [0.2, 0.25) is 10.0 Å². The standard InChI is InChI=1S/C25H24FNO6S/c26-20-6-8-21(9-7-20)33-22-10-12-23(13-11-22)34(29,30)27-24-16-19(14-15-31-24)25(28)32-17-18-4-2-1-3-5-18/h1-13,19,24,27H,14-17H2. The van der Waals surface area contributed by atoms with Crippen LogP contribution in [0.4, 0.5) is 4.39 Å². The van der Waals surface area contributed by atoms with Crippen LogP contribution in [0.5, 0.6) is 11.5 Å². The maximum absolute atomic E-state index is 13.0. The van der Waals surface area contributed by atoms with Crippen molar-refractivity contribution in [1.29, 1.82) is 0 Å². The highest BCUT2D eigenvalue weighted by Gasteiger charge is 2.32. The second-order valence-corrected chi connectivity index (χ2v) is 9.54. The molecule has 1 heterocycles. The Morgan fingerprint density at radius 3 is 2.29 bits per heavy atom. The largest absolute Gasteiger partial charge is 0.461 e. The number of ether oxygens (including phenoxy) is 3. The number of esters is 1. The number of sulfonamides is 1. The molecule has 0 radical (unpaired) electrons. The zero-order valence-corrected chi connectivity index (χ0v) is 19.0. The lowest BCUT2D eigenvalue weighted by Crippen LogP contribution is -2.43. The Balaban J connectivity index is 1.32. The summed E-state index contributed by atoms with van der Waals surface area (Å²) in [5, 5.41) is 0. The van der Waals surface area contributed by atoms with Crippen molar-refractivity contribution >= 4 is 16.0 Å². The van der Waals surface area contributed by atoms with Crippen molar-refractivity contribution < 1.29 is 31.8 Å². The first-order chi connectivity index (χ1) is 16.4. The maximum Gasteiger partial charge on any atom is 0.309 e. The molecule has 9 heteroatoms. The van der Waals surface area contributed by atoms with Crippen molar-refractivity contribution in [3.63, 3.8) is 0 Å². The summed E-state index contributed by atoms with van der Waals surface area (Å²) in [6, 6.07) is 20.6. The van der Waals surface area contributed by atoms with Crippen LogP contribution >= 0.6 is 0 Å². The van der Waals surface area contributed by atoms with E-state index in [1.54, 1.807) is 0 Å². The normalized spacial score (nSPS) is 18.3. The average molecular weight is 486 g/mol. The van der Waals surface area contributed by atoms with Gasteiger partial charge in [0.1, 0.15) is 30.2 Å². The van der Waals surface area contributed by atoms with Gasteiger partial charge in [0.05, 0.1) is 10.8 Å². The van der Waals surface area contributed by atoms with Crippen LogP contribution in [0, 0.1) is 11.7 Å². The molecule has 0 spiro atoms. The fourth-order valence-electron chi connectivity index (χ4n) is 3.51. The number of hydrogen-bond acceptors (Lipinski definition) is 6. The van der Waals surface area contributed by atoms with Gasteiger partial charge < -0.3 is 14.2 Å². The number of rotatable bonds is 8. The molecule has 178 valence electrons. The van der Waals surface area contributed by atoms with Gasteiger partial charge in [-0.1, -0.05) is 30.3 Å². The Kier molecular flexibility index (Phi) is 7.56. The van der Waals surface area contributed by atoms with Crippen molar-refractivity contribution in [3.8, 4) is 11.5 Å². The molecular formula is C25H24FNO6S. The molecule has 7 nitrogen and oxygen atoms in total. The first-order valence-electron chi connectivity index (χ1n) is 10.8. The van der Waals surface area contributed by atoms with E-state index in [0.717, 1.165) is 5.56 Å². The molecule has 1 N–H and O–H groups in total. The van der Waals surface area contributed by atoms with Crippen LogP contribution in [0.15, 0.2) is 83.8 Å². The summed E-state index contributed by atoms with van der Waals surface area (Å²) in [5.41, 5.74) is 0.881. The second-order valence-electron chi connectivity index (χ2n) is 7.82. The second kappa shape index (κ2) is 10.8. The zero-order valence-electron chi connectivity index (χ0n) is 18.2. The minimum Gasteiger partial charge on any atom is -0.461 e. The van der Waals surface area contributed by atoms with Crippen LogP contribution in [0.2, 0.25) is 0 Å². The summed E-state index contributed by atoms with van der Waals surface area (Å²) in [4.78, 5) is 12.5. The van der Waals surface area contributed by atoms with Crippen LogP contribution in [0.3, 0.4) is 0 Å². The van der Waals surface area contributed by atoms with Crippen molar-refractivity contribution in [1.82, 2.24) is 4.72 Å². The van der Waals surface area contributed by atoms with Crippen LogP contribution in [0.1, 0.15) is 18.4 Å². The Labute approximate surface area is 197 Å². The maximum atomic E-state index is 13.0. The average Bonchev–Trinajstić information content (AvgIpc) is 2.85. The number of carbonyl (C=O) groups excluding carboxylic acids is 1. The topological polar surface area (TPSA) is 90.9 Å². The van der Waals surface area contributed by atoms with Gasteiger partial charge in [-0.15, -0.1) is 0 Å². The summed E-state index contributed by atoms with van der Waals surface area (Å²) in [6.07, 6.45) is -0.206. The summed E-state index contributed by atoms with van der Waals surface area (Å²) >= 11 is 0. The minimum atomic E-state index is -3.89. The Morgan fingerprint density at radius 1 is 0.971 bits per heavy atom. The van der Waals surface area contributed by atoms with Gasteiger partial charge in [0.25, 0.3) is 0 Å². The molecule has 0 saturated carbocycles. The van der Waals surface area contributed by atoms with E-state index >= 15 is 0 Å². The van der Waals surface area contributed by atoms with E-state index in [0.29, 0.717) is 17.9 Å². The van der Waals surface area contributed by atoms with Gasteiger partial charge in [-0.3, -0.25) is 4.79 Å². The van der Waals surface area contributed by atoms with Gasteiger partial charge in [0, 0.05) is 13.0 Å². The molecule has 2 atom stereocenters. The predicted octanol–water partition coefficient (Wildman–Crippen LogP) is 4.39. The molecule has 1 aliphatic heterocycles. The van der Waals surface area contributed by atoms with Gasteiger partial charge in [0.15, 0.2) is 0 Å². The van der Waals surface area contributed by atoms with Crippen LogP contribution in [0.25, 0.3) is 0 Å². The van der Waals surface area contributed by atoms with Crippen LogP contribution in [-0.4, -0.2) is 27.2 Å². The predicted molar refractivity (Wildman–Crippen MR) is 122 cm³/mol. The fourth-order valence-corrected chi connectivity index (χ4v) is 4.65. The molecule has 0 bridgehead atoms. The minimum absolute atomic E-state index is 0.0244. The molecule has 0 aromatic heterocycles. The third-order valence-corrected chi connectivity index (χ3v) is 6.78. The monoisotopic (exact) mass is 485 g/mol. The molecular weight excluding hydrogens is 461 g/mol. The van der Waals surface area contributed by atoms with E-state index in [9.17, 15) is 17.6 Å². The van der Waals surface area contributed by atoms with Crippen LogP contribution < -0.4 is 9.46 Å². The lowest BCUT2D eigenvalue weighted by molar-refractivity contribution is -0.155. The quantitative estimate of drug-likeness (QED) is 0.476. The molecule has 3 aromatic carbocycles. The Bertz CT molecular complexity index is 1200. The Hall–Kier alpha value is -3.27.